The van der Waals surface area contributed by atoms with E-state index in [2.05, 4.69) is 166 Å². The lowest BCUT2D eigenvalue weighted by Crippen LogP contribution is -2.24. The summed E-state index contributed by atoms with van der Waals surface area (Å²) in [5.74, 6) is 2.30. The van der Waals surface area contributed by atoms with Crippen molar-refractivity contribution < 1.29 is 0 Å². The lowest BCUT2D eigenvalue weighted by atomic mass is 9.93. The van der Waals surface area contributed by atoms with Crippen molar-refractivity contribution >= 4 is 43.6 Å². The van der Waals surface area contributed by atoms with Gasteiger partial charge in [0.05, 0.1) is 27.8 Å². The second-order valence-corrected chi connectivity index (χ2v) is 14.2. The molecule has 0 bridgehead atoms. The Balaban J connectivity index is 1.53. The van der Waals surface area contributed by atoms with Crippen LogP contribution in [0.1, 0.15) is 53.2 Å². The SMILES string of the molecule is CC(C)(C)c1nc(-c2ccccc2-n2c3ccccc3c3ccc4c(c5ccccc5n4-c4ccccc4)c32)nc(C(C)(C)C)n1. The second kappa shape index (κ2) is 10.1. The van der Waals surface area contributed by atoms with Gasteiger partial charge >= 0.3 is 0 Å². The summed E-state index contributed by atoms with van der Waals surface area (Å²) in [6.07, 6.45) is 0. The third kappa shape index (κ3) is 4.33. The topological polar surface area (TPSA) is 48.5 Å². The van der Waals surface area contributed by atoms with E-state index in [1.54, 1.807) is 0 Å². The van der Waals surface area contributed by atoms with Crippen LogP contribution in [0.15, 0.2) is 115 Å². The Morgan fingerprint density at radius 2 is 1.02 bits per heavy atom. The maximum Gasteiger partial charge on any atom is 0.165 e. The van der Waals surface area contributed by atoms with Gasteiger partial charge in [-0.1, -0.05) is 114 Å². The first kappa shape index (κ1) is 28.2. The van der Waals surface area contributed by atoms with Crippen LogP contribution in [0.2, 0.25) is 0 Å². The molecule has 0 saturated heterocycles. The molecule has 0 saturated carbocycles. The number of rotatable bonds is 3. The Morgan fingerprint density at radius 3 is 1.70 bits per heavy atom. The van der Waals surface area contributed by atoms with Gasteiger partial charge in [-0.3, -0.25) is 0 Å². The van der Waals surface area contributed by atoms with E-state index >= 15 is 0 Å². The van der Waals surface area contributed by atoms with Crippen LogP contribution in [0, 0.1) is 0 Å². The predicted molar refractivity (Wildman–Crippen MR) is 191 cm³/mol. The molecule has 226 valence electrons. The quantitative estimate of drug-likeness (QED) is 0.203. The van der Waals surface area contributed by atoms with Gasteiger partial charge in [0.15, 0.2) is 5.82 Å². The molecule has 3 heterocycles. The van der Waals surface area contributed by atoms with Crippen molar-refractivity contribution in [2.24, 2.45) is 0 Å². The summed E-state index contributed by atoms with van der Waals surface area (Å²) in [7, 11) is 0. The highest BCUT2D eigenvalue weighted by Gasteiger charge is 2.27. The van der Waals surface area contributed by atoms with Gasteiger partial charge in [-0.2, -0.15) is 0 Å². The van der Waals surface area contributed by atoms with Crippen LogP contribution < -0.4 is 0 Å². The van der Waals surface area contributed by atoms with Crippen molar-refractivity contribution in [3.63, 3.8) is 0 Å². The summed E-state index contributed by atoms with van der Waals surface area (Å²) in [6, 6.07) is 41.2. The molecule has 46 heavy (non-hydrogen) atoms. The van der Waals surface area contributed by atoms with Crippen LogP contribution in [0.4, 0.5) is 0 Å². The maximum atomic E-state index is 5.14. The van der Waals surface area contributed by atoms with Crippen molar-refractivity contribution in [3.05, 3.63) is 127 Å². The van der Waals surface area contributed by atoms with E-state index in [-0.39, 0.29) is 10.8 Å². The lowest BCUT2D eigenvalue weighted by Gasteiger charge is -2.23. The summed E-state index contributed by atoms with van der Waals surface area (Å²) in [4.78, 5) is 15.2. The highest BCUT2D eigenvalue weighted by atomic mass is 15.1. The third-order valence-electron chi connectivity index (χ3n) is 8.85. The number of aromatic nitrogens is 5. The van der Waals surface area contributed by atoms with Gasteiger partial charge in [-0.25, -0.2) is 15.0 Å². The normalized spacial score (nSPS) is 12.6. The summed E-state index contributed by atoms with van der Waals surface area (Å²) in [5.41, 5.74) is 7.39. The summed E-state index contributed by atoms with van der Waals surface area (Å²) in [6.45, 7) is 13.0. The molecule has 0 aliphatic rings. The van der Waals surface area contributed by atoms with E-state index in [0.717, 1.165) is 34.1 Å². The number of benzene rings is 5. The van der Waals surface area contributed by atoms with E-state index in [1.165, 1.54) is 38.1 Å². The highest BCUT2D eigenvalue weighted by molar-refractivity contribution is 6.26. The maximum absolute atomic E-state index is 5.14. The fourth-order valence-corrected chi connectivity index (χ4v) is 6.64. The molecular weight excluding hydrogens is 562 g/mol. The summed E-state index contributed by atoms with van der Waals surface area (Å²) < 4.78 is 4.82. The smallest absolute Gasteiger partial charge is 0.165 e. The molecule has 0 aliphatic heterocycles. The molecule has 0 amide bonds. The molecular formula is C41H37N5. The Labute approximate surface area is 269 Å². The van der Waals surface area contributed by atoms with Crippen LogP contribution in [-0.2, 0) is 10.8 Å². The fraction of sp³-hybridized carbons (Fsp3) is 0.195. The molecule has 5 aromatic carbocycles. The predicted octanol–water partition coefficient (Wildman–Crippen LogP) is 10.3. The van der Waals surface area contributed by atoms with Gasteiger partial charge < -0.3 is 9.13 Å². The number of fused-ring (bicyclic) bond motifs is 7. The summed E-state index contributed by atoms with van der Waals surface area (Å²) in [5, 5.41) is 4.88. The van der Waals surface area contributed by atoms with Crippen molar-refractivity contribution in [1.82, 2.24) is 24.1 Å². The van der Waals surface area contributed by atoms with E-state index in [4.69, 9.17) is 15.0 Å². The number of nitrogens with zero attached hydrogens (tertiary/aromatic N) is 5. The Bertz CT molecular complexity index is 2400. The van der Waals surface area contributed by atoms with Crippen LogP contribution in [0.25, 0.3) is 66.4 Å². The monoisotopic (exact) mass is 599 g/mol. The standard InChI is InChI=1S/C41H37N5/c1-40(2,3)38-42-37(43-39(44-38)41(4,5)6)30-20-12-15-23-33(30)46-31-21-13-10-18-27(31)28-24-25-34-35(36(28)46)29-19-11-14-22-32(29)45(34)26-16-8-7-9-17-26/h7-25H,1-6H3. The van der Waals surface area contributed by atoms with Crippen LogP contribution >= 0.6 is 0 Å². The molecule has 3 aromatic heterocycles. The van der Waals surface area contributed by atoms with E-state index in [1.807, 2.05) is 0 Å². The van der Waals surface area contributed by atoms with Crippen molar-refractivity contribution in [1.29, 1.82) is 0 Å². The molecule has 8 aromatic rings. The average molecular weight is 600 g/mol. The van der Waals surface area contributed by atoms with Gasteiger partial charge in [0.2, 0.25) is 0 Å². The summed E-state index contributed by atoms with van der Waals surface area (Å²) >= 11 is 0. The molecule has 8 rings (SSSR count). The molecule has 0 fully saturated rings. The minimum atomic E-state index is -0.231. The molecule has 5 heteroatoms. The van der Waals surface area contributed by atoms with E-state index in [9.17, 15) is 0 Å². The molecule has 0 N–H and O–H groups in total. The molecule has 0 atom stereocenters. The first-order chi connectivity index (χ1) is 22.1. The number of hydrogen-bond acceptors (Lipinski definition) is 3. The first-order valence-corrected chi connectivity index (χ1v) is 16.0. The zero-order chi connectivity index (χ0) is 31.8. The minimum absolute atomic E-state index is 0.231. The van der Waals surface area contributed by atoms with Crippen LogP contribution in [0.3, 0.4) is 0 Å². The van der Waals surface area contributed by atoms with Gasteiger partial charge in [0.25, 0.3) is 0 Å². The van der Waals surface area contributed by atoms with Crippen LogP contribution in [-0.4, -0.2) is 24.1 Å². The second-order valence-electron chi connectivity index (χ2n) is 14.2. The zero-order valence-electron chi connectivity index (χ0n) is 27.2. The lowest BCUT2D eigenvalue weighted by molar-refractivity contribution is 0.497. The van der Waals surface area contributed by atoms with Crippen molar-refractivity contribution in [2.45, 2.75) is 52.4 Å². The average Bonchev–Trinajstić information content (AvgIpc) is 3.57. The van der Waals surface area contributed by atoms with Gasteiger partial charge in [0, 0.05) is 43.6 Å². The van der Waals surface area contributed by atoms with E-state index in [0.29, 0.717) is 5.82 Å². The molecule has 0 radical (unpaired) electrons. The van der Waals surface area contributed by atoms with Crippen molar-refractivity contribution in [2.75, 3.05) is 0 Å². The van der Waals surface area contributed by atoms with Crippen molar-refractivity contribution in [3.8, 4) is 22.8 Å². The molecule has 0 unspecified atom stereocenters. The van der Waals surface area contributed by atoms with Gasteiger partial charge in [0.1, 0.15) is 11.6 Å². The Kier molecular flexibility index (Phi) is 6.20. The van der Waals surface area contributed by atoms with Gasteiger partial charge in [-0.15, -0.1) is 0 Å². The molecule has 5 nitrogen and oxygen atoms in total. The number of para-hydroxylation sites is 4. The fourth-order valence-electron chi connectivity index (χ4n) is 6.64. The molecule has 0 spiro atoms. The van der Waals surface area contributed by atoms with Gasteiger partial charge in [-0.05, 0) is 42.5 Å². The van der Waals surface area contributed by atoms with E-state index < -0.39 is 0 Å². The largest absolute Gasteiger partial charge is 0.309 e. The Morgan fingerprint density at radius 1 is 0.457 bits per heavy atom. The minimum Gasteiger partial charge on any atom is -0.309 e. The highest BCUT2D eigenvalue weighted by Crippen LogP contribution is 2.43. The first-order valence-electron chi connectivity index (χ1n) is 16.0. The zero-order valence-corrected chi connectivity index (χ0v) is 27.2. The molecule has 0 aliphatic carbocycles. The Hall–Kier alpha value is -5.29. The number of hydrogen-bond donors (Lipinski definition) is 0. The third-order valence-corrected chi connectivity index (χ3v) is 8.85. The van der Waals surface area contributed by atoms with Crippen LogP contribution in [0.5, 0.6) is 0 Å².